The standard InChI is InChI=1S/C10H14ClNOS/c1-10(2,5-6-12)9(13)7-3-4-8(11)14-7/h3-4H,5-6,12H2,1-2H3. The molecule has 1 aromatic rings. The van der Waals surface area contributed by atoms with Crippen molar-refractivity contribution in [2.24, 2.45) is 11.1 Å². The number of carbonyl (C=O) groups excluding carboxylic acids is 1. The second kappa shape index (κ2) is 4.43. The highest BCUT2D eigenvalue weighted by atomic mass is 35.5. The van der Waals surface area contributed by atoms with Crippen LogP contribution in [-0.4, -0.2) is 12.3 Å². The number of hydrogen-bond donors (Lipinski definition) is 1. The summed E-state index contributed by atoms with van der Waals surface area (Å²) < 4.78 is 0.650. The summed E-state index contributed by atoms with van der Waals surface area (Å²) in [5.74, 6) is 0.125. The van der Waals surface area contributed by atoms with Crippen LogP contribution in [0.3, 0.4) is 0 Å². The second-order valence-corrected chi connectivity index (χ2v) is 5.57. The first kappa shape index (κ1) is 11.7. The zero-order chi connectivity index (χ0) is 10.8. The van der Waals surface area contributed by atoms with Crippen molar-refractivity contribution in [2.45, 2.75) is 20.3 Å². The molecule has 2 N–H and O–H groups in total. The van der Waals surface area contributed by atoms with E-state index >= 15 is 0 Å². The van der Waals surface area contributed by atoms with Crippen LogP contribution in [0.1, 0.15) is 29.9 Å². The highest BCUT2D eigenvalue weighted by Crippen LogP contribution is 2.30. The molecule has 2 nitrogen and oxygen atoms in total. The lowest BCUT2D eigenvalue weighted by Crippen LogP contribution is -2.26. The third-order valence-corrected chi connectivity index (χ3v) is 3.41. The molecule has 0 saturated heterocycles. The topological polar surface area (TPSA) is 43.1 Å². The van der Waals surface area contributed by atoms with Crippen LogP contribution >= 0.6 is 22.9 Å². The summed E-state index contributed by atoms with van der Waals surface area (Å²) in [5.41, 5.74) is 5.07. The Balaban J connectivity index is 2.84. The van der Waals surface area contributed by atoms with E-state index in [-0.39, 0.29) is 11.2 Å². The van der Waals surface area contributed by atoms with Crippen molar-refractivity contribution in [2.75, 3.05) is 6.54 Å². The van der Waals surface area contributed by atoms with Crippen molar-refractivity contribution in [1.82, 2.24) is 0 Å². The van der Waals surface area contributed by atoms with E-state index in [1.165, 1.54) is 11.3 Å². The summed E-state index contributed by atoms with van der Waals surface area (Å²) in [6, 6.07) is 3.52. The third-order valence-electron chi connectivity index (χ3n) is 2.18. The van der Waals surface area contributed by atoms with Crippen LogP contribution in [0.2, 0.25) is 4.34 Å². The number of rotatable bonds is 4. The molecule has 0 aliphatic carbocycles. The number of ketones is 1. The minimum atomic E-state index is -0.386. The fraction of sp³-hybridized carbons (Fsp3) is 0.500. The monoisotopic (exact) mass is 231 g/mol. The number of carbonyl (C=O) groups is 1. The molecule has 0 radical (unpaired) electrons. The van der Waals surface area contributed by atoms with Gasteiger partial charge in [-0.05, 0) is 25.1 Å². The Morgan fingerprint density at radius 2 is 2.21 bits per heavy atom. The lowest BCUT2D eigenvalue weighted by Gasteiger charge is -2.20. The van der Waals surface area contributed by atoms with Crippen LogP contribution in [0.5, 0.6) is 0 Å². The maximum Gasteiger partial charge on any atom is 0.178 e. The van der Waals surface area contributed by atoms with Gasteiger partial charge in [0.15, 0.2) is 5.78 Å². The first-order valence-corrected chi connectivity index (χ1v) is 5.67. The first-order valence-electron chi connectivity index (χ1n) is 4.47. The smallest absolute Gasteiger partial charge is 0.178 e. The molecule has 0 saturated carbocycles. The van der Waals surface area contributed by atoms with Crippen molar-refractivity contribution < 1.29 is 4.79 Å². The highest BCUT2D eigenvalue weighted by molar-refractivity contribution is 7.18. The normalized spacial score (nSPS) is 11.7. The number of nitrogens with two attached hydrogens (primary N) is 1. The zero-order valence-corrected chi connectivity index (χ0v) is 9.91. The van der Waals surface area contributed by atoms with Crippen LogP contribution in [-0.2, 0) is 0 Å². The number of halogens is 1. The van der Waals surface area contributed by atoms with Crippen LogP contribution in [0.25, 0.3) is 0 Å². The van der Waals surface area contributed by atoms with Gasteiger partial charge in [0, 0.05) is 5.41 Å². The van der Waals surface area contributed by atoms with Crippen molar-refractivity contribution >= 4 is 28.7 Å². The Kier molecular flexibility index (Phi) is 3.70. The van der Waals surface area contributed by atoms with Gasteiger partial charge in [0.1, 0.15) is 0 Å². The molecule has 0 aliphatic rings. The summed E-state index contributed by atoms with van der Waals surface area (Å²) in [6.45, 7) is 4.35. The van der Waals surface area contributed by atoms with E-state index in [9.17, 15) is 4.79 Å². The average molecular weight is 232 g/mol. The molecule has 1 aromatic heterocycles. The van der Waals surface area contributed by atoms with Gasteiger partial charge in [0.25, 0.3) is 0 Å². The third kappa shape index (κ3) is 2.56. The van der Waals surface area contributed by atoms with Crippen molar-refractivity contribution in [3.63, 3.8) is 0 Å². The van der Waals surface area contributed by atoms with E-state index < -0.39 is 0 Å². The summed E-state index contributed by atoms with van der Waals surface area (Å²) in [7, 11) is 0. The fourth-order valence-electron chi connectivity index (χ4n) is 1.24. The van der Waals surface area contributed by atoms with E-state index in [2.05, 4.69) is 0 Å². The van der Waals surface area contributed by atoms with Gasteiger partial charge in [-0.25, -0.2) is 0 Å². The Morgan fingerprint density at radius 3 is 2.64 bits per heavy atom. The Bertz CT molecular complexity index is 333. The van der Waals surface area contributed by atoms with E-state index in [0.717, 1.165) is 0 Å². The SMILES string of the molecule is CC(C)(CCN)C(=O)c1ccc(Cl)s1. The van der Waals surface area contributed by atoms with E-state index in [0.29, 0.717) is 22.2 Å². The molecule has 0 amide bonds. The zero-order valence-electron chi connectivity index (χ0n) is 8.34. The van der Waals surface area contributed by atoms with Gasteiger partial charge < -0.3 is 5.73 Å². The van der Waals surface area contributed by atoms with Crippen LogP contribution in [0.15, 0.2) is 12.1 Å². The van der Waals surface area contributed by atoms with Crippen LogP contribution < -0.4 is 5.73 Å². The molecule has 1 heterocycles. The minimum Gasteiger partial charge on any atom is -0.330 e. The van der Waals surface area contributed by atoms with E-state index in [4.69, 9.17) is 17.3 Å². The quantitative estimate of drug-likeness (QED) is 0.810. The lowest BCUT2D eigenvalue weighted by atomic mass is 9.84. The summed E-state index contributed by atoms with van der Waals surface area (Å²) in [6.07, 6.45) is 0.696. The molecule has 0 atom stereocenters. The second-order valence-electron chi connectivity index (χ2n) is 3.86. The Labute approximate surface area is 93.1 Å². The maximum absolute atomic E-state index is 12.0. The Morgan fingerprint density at radius 1 is 1.57 bits per heavy atom. The molecule has 0 unspecified atom stereocenters. The van der Waals surface area contributed by atoms with Crippen molar-refractivity contribution in [3.8, 4) is 0 Å². The molecule has 1 rings (SSSR count). The highest BCUT2D eigenvalue weighted by Gasteiger charge is 2.28. The predicted molar refractivity (Wildman–Crippen MR) is 61.1 cm³/mol. The number of hydrogen-bond acceptors (Lipinski definition) is 3. The molecule has 0 spiro atoms. The molecule has 4 heteroatoms. The van der Waals surface area contributed by atoms with E-state index in [1.54, 1.807) is 12.1 Å². The van der Waals surface area contributed by atoms with Gasteiger partial charge in [-0.3, -0.25) is 4.79 Å². The summed E-state index contributed by atoms with van der Waals surface area (Å²) in [4.78, 5) is 12.7. The molecule has 0 bridgehead atoms. The van der Waals surface area contributed by atoms with Gasteiger partial charge >= 0.3 is 0 Å². The Hall–Kier alpha value is -0.380. The molecular weight excluding hydrogens is 218 g/mol. The van der Waals surface area contributed by atoms with Gasteiger partial charge in [0.2, 0.25) is 0 Å². The minimum absolute atomic E-state index is 0.125. The number of thiophene rings is 1. The van der Waals surface area contributed by atoms with Crippen molar-refractivity contribution in [1.29, 1.82) is 0 Å². The van der Waals surface area contributed by atoms with Gasteiger partial charge in [-0.2, -0.15) is 0 Å². The van der Waals surface area contributed by atoms with E-state index in [1.807, 2.05) is 13.8 Å². The largest absolute Gasteiger partial charge is 0.330 e. The van der Waals surface area contributed by atoms with Gasteiger partial charge in [-0.1, -0.05) is 25.4 Å². The maximum atomic E-state index is 12.0. The van der Waals surface area contributed by atoms with Gasteiger partial charge in [-0.15, -0.1) is 11.3 Å². The molecule has 14 heavy (non-hydrogen) atoms. The predicted octanol–water partition coefficient (Wildman–Crippen LogP) is 2.96. The molecular formula is C10H14ClNOS. The van der Waals surface area contributed by atoms with Gasteiger partial charge in [0.05, 0.1) is 9.21 Å². The molecule has 0 fully saturated rings. The average Bonchev–Trinajstić information content (AvgIpc) is 2.50. The van der Waals surface area contributed by atoms with Crippen LogP contribution in [0.4, 0.5) is 0 Å². The number of Topliss-reactive ketones (excluding diaryl/α,β-unsaturated/α-hetero) is 1. The molecule has 0 aliphatic heterocycles. The summed E-state index contributed by atoms with van der Waals surface area (Å²) in [5, 5.41) is 0. The first-order chi connectivity index (χ1) is 6.47. The lowest BCUT2D eigenvalue weighted by molar-refractivity contribution is 0.0834. The van der Waals surface area contributed by atoms with Crippen LogP contribution in [0, 0.1) is 5.41 Å². The molecule has 0 aromatic carbocycles. The fourth-order valence-corrected chi connectivity index (χ4v) is 2.41. The van der Waals surface area contributed by atoms with Crippen molar-refractivity contribution in [3.05, 3.63) is 21.3 Å². The summed E-state index contributed by atoms with van der Waals surface area (Å²) >= 11 is 7.10. The molecule has 78 valence electrons.